The highest BCUT2D eigenvalue weighted by Gasteiger charge is 2.56. The number of Topliss-reactive ketones (excluding diaryl/α,β-unsaturated/α-hetero) is 1. The number of carbonyl (C=O) groups is 3. The molecule has 0 N–H and O–H groups in total. The van der Waals surface area contributed by atoms with Crippen LogP contribution in [0.15, 0.2) is 0 Å². The van der Waals surface area contributed by atoms with E-state index in [0.717, 1.165) is 4.90 Å². The van der Waals surface area contributed by atoms with Gasteiger partial charge in [-0.05, 0) is 40.5 Å². The fourth-order valence-electron chi connectivity index (χ4n) is 2.56. The molecule has 2 aliphatic heterocycles. The van der Waals surface area contributed by atoms with E-state index in [1.807, 2.05) is 0 Å². The highest BCUT2D eigenvalue weighted by atomic mass is 16.6. The first-order valence-corrected chi connectivity index (χ1v) is 6.25. The molecule has 0 aromatic carbocycles. The van der Waals surface area contributed by atoms with E-state index < -0.39 is 23.0 Å². The van der Waals surface area contributed by atoms with Crippen LogP contribution in [0.2, 0.25) is 0 Å². The summed E-state index contributed by atoms with van der Waals surface area (Å²) in [6.07, 6.45) is 0.861. The largest absolute Gasteiger partial charge is 0.443 e. The zero-order valence-corrected chi connectivity index (χ0v) is 11.3. The van der Waals surface area contributed by atoms with Crippen molar-refractivity contribution in [3.05, 3.63) is 0 Å². The van der Waals surface area contributed by atoms with Gasteiger partial charge in [-0.15, -0.1) is 0 Å². The van der Waals surface area contributed by atoms with Gasteiger partial charge in [-0.3, -0.25) is 9.59 Å². The maximum atomic E-state index is 12.3. The van der Waals surface area contributed by atoms with E-state index in [0.29, 0.717) is 12.8 Å². The summed E-state index contributed by atoms with van der Waals surface area (Å²) in [5, 5.41) is 0. The van der Waals surface area contributed by atoms with Gasteiger partial charge in [0.25, 0.3) is 0 Å². The van der Waals surface area contributed by atoms with Crippen LogP contribution in [-0.4, -0.2) is 34.3 Å². The van der Waals surface area contributed by atoms with E-state index in [2.05, 4.69) is 0 Å². The number of amides is 2. The zero-order valence-electron chi connectivity index (χ0n) is 11.3. The van der Waals surface area contributed by atoms with Gasteiger partial charge in [-0.25, -0.2) is 9.69 Å². The highest BCUT2D eigenvalue weighted by molar-refractivity contribution is 6.13. The quantitative estimate of drug-likeness (QED) is 0.618. The summed E-state index contributed by atoms with van der Waals surface area (Å²) in [6.45, 7) is 6.89. The van der Waals surface area contributed by atoms with E-state index in [1.165, 1.54) is 0 Å². The molecule has 100 valence electrons. The van der Waals surface area contributed by atoms with Crippen LogP contribution in [0, 0.1) is 5.41 Å². The van der Waals surface area contributed by atoms with Gasteiger partial charge in [0.2, 0.25) is 5.91 Å². The topological polar surface area (TPSA) is 63.7 Å². The van der Waals surface area contributed by atoms with Crippen LogP contribution >= 0.6 is 0 Å². The third kappa shape index (κ3) is 1.91. The molecule has 2 amide bonds. The number of hydrogen-bond donors (Lipinski definition) is 0. The average Bonchev–Trinajstić information content (AvgIpc) is 2.19. The van der Waals surface area contributed by atoms with E-state index in [9.17, 15) is 14.4 Å². The van der Waals surface area contributed by atoms with Gasteiger partial charge in [0.05, 0.1) is 6.04 Å². The first kappa shape index (κ1) is 13.1. The first-order valence-electron chi connectivity index (χ1n) is 6.25. The summed E-state index contributed by atoms with van der Waals surface area (Å²) < 4.78 is 5.24. The SMILES string of the molecule is CC(C)(C)OC(=O)N1C(=O)C2(C)CCC1CC2=O. The Bertz CT molecular complexity index is 423. The Morgan fingerprint density at radius 2 is 2.00 bits per heavy atom. The standard InChI is InChI=1S/C13H19NO4/c1-12(2,3)18-11(17)14-8-5-6-13(4,10(14)16)9(15)7-8/h8H,5-7H2,1-4H3. The molecule has 2 heterocycles. The lowest BCUT2D eigenvalue weighted by molar-refractivity contribution is -0.162. The van der Waals surface area contributed by atoms with Crippen molar-refractivity contribution < 1.29 is 19.1 Å². The van der Waals surface area contributed by atoms with Crippen molar-refractivity contribution in [1.82, 2.24) is 4.90 Å². The van der Waals surface area contributed by atoms with Crippen LogP contribution in [0.3, 0.4) is 0 Å². The molecule has 5 nitrogen and oxygen atoms in total. The number of piperidine rings is 2. The average molecular weight is 253 g/mol. The summed E-state index contributed by atoms with van der Waals surface area (Å²) in [5.74, 6) is -0.451. The normalized spacial score (nSPS) is 31.8. The molecule has 0 aromatic heterocycles. The number of carbonyl (C=O) groups excluding carboxylic acids is 3. The third-order valence-corrected chi connectivity index (χ3v) is 3.66. The molecular formula is C13H19NO4. The fourth-order valence-corrected chi connectivity index (χ4v) is 2.56. The van der Waals surface area contributed by atoms with Gasteiger partial charge in [0.15, 0.2) is 0 Å². The van der Waals surface area contributed by atoms with Crippen LogP contribution in [0.5, 0.6) is 0 Å². The third-order valence-electron chi connectivity index (χ3n) is 3.66. The molecule has 2 unspecified atom stereocenters. The second-order valence-electron chi connectivity index (χ2n) is 6.31. The second-order valence-corrected chi connectivity index (χ2v) is 6.31. The van der Waals surface area contributed by atoms with Gasteiger partial charge in [-0.1, -0.05) is 0 Å². The van der Waals surface area contributed by atoms with Gasteiger partial charge < -0.3 is 4.74 Å². The van der Waals surface area contributed by atoms with Crippen molar-refractivity contribution in [3.8, 4) is 0 Å². The molecule has 3 aliphatic rings. The van der Waals surface area contributed by atoms with Crippen LogP contribution in [-0.2, 0) is 14.3 Å². The summed E-state index contributed by atoms with van der Waals surface area (Å²) in [7, 11) is 0. The minimum Gasteiger partial charge on any atom is -0.443 e. The minimum atomic E-state index is -1.02. The number of hydrogen-bond acceptors (Lipinski definition) is 4. The molecule has 0 spiro atoms. The Labute approximate surface area is 106 Å². The molecular weight excluding hydrogens is 234 g/mol. The maximum Gasteiger partial charge on any atom is 0.417 e. The summed E-state index contributed by atoms with van der Waals surface area (Å²) in [6, 6.07) is -0.318. The molecule has 0 aromatic rings. The maximum absolute atomic E-state index is 12.3. The number of nitrogens with zero attached hydrogens (tertiary/aromatic N) is 1. The minimum absolute atomic E-state index is 0.0523. The van der Waals surface area contributed by atoms with Crippen molar-refractivity contribution in [2.75, 3.05) is 0 Å². The number of ether oxygens (including phenoxy) is 1. The number of fused-ring (bicyclic) bond motifs is 3. The summed E-state index contributed by atoms with van der Waals surface area (Å²) in [4.78, 5) is 37.3. The van der Waals surface area contributed by atoms with Crippen molar-refractivity contribution in [2.24, 2.45) is 5.41 Å². The van der Waals surface area contributed by atoms with Gasteiger partial charge in [0.1, 0.15) is 16.8 Å². The molecule has 5 heteroatoms. The van der Waals surface area contributed by atoms with E-state index in [4.69, 9.17) is 4.74 Å². The van der Waals surface area contributed by atoms with Crippen LogP contribution in [0.4, 0.5) is 4.79 Å². The zero-order chi connectivity index (χ0) is 13.7. The van der Waals surface area contributed by atoms with Crippen molar-refractivity contribution in [2.45, 2.75) is 58.6 Å². The molecule has 1 aliphatic carbocycles. The smallest absolute Gasteiger partial charge is 0.417 e. The summed E-state index contributed by atoms with van der Waals surface area (Å²) in [5.41, 5.74) is -1.66. The molecule has 1 saturated carbocycles. The van der Waals surface area contributed by atoms with Crippen LogP contribution in [0.1, 0.15) is 47.0 Å². The van der Waals surface area contributed by atoms with Gasteiger partial charge in [-0.2, -0.15) is 0 Å². The fraction of sp³-hybridized carbons (Fsp3) is 0.769. The van der Waals surface area contributed by atoms with E-state index in [1.54, 1.807) is 27.7 Å². The van der Waals surface area contributed by atoms with E-state index >= 15 is 0 Å². The Morgan fingerprint density at radius 1 is 1.39 bits per heavy atom. The first-order chi connectivity index (χ1) is 8.15. The highest BCUT2D eigenvalue weighted by Crippen LogP contribution is 2.43. The van der Waals surface area contributed by atoms with Crippen molar-refractivity contribution in [3.63, 3.8) is 0 Å². The Hall–Kier alpha value is -1.39. The molecule has 2 saturated heterocycles. The monoisotopic (exact) mass is 253 g/mol. The lowest BCUT2D eigenvalue weighted by atomic mass is 9.67. The van der Waals surface area contributed by atoms with Crippen molar-refractivity contribution in [1.29, 1.82) is 0 Å². The molecule has 0 radical (unpaired) electrons. The molecule has 3 fully saturated rings. The molecule has 2 atom stereocenters. The van der Waals surface area contributed by atoms with Gasteiger partial charge >= 0.3 is 6.09 Å². The van der Waals surface area contributed by atoms with Crippen LogP contribution in [0.25, 0.3) is 0 Å². The molecule has 3 rings (SSSR count). The predicted molar refractivity (Wildman–Crippen MR) is 63.8 cm³/mol. The molecule has 2 bridgehead atoms. The second kappa shape index (κ2) is 3.80. The Morgan fingerprint density at radius 3 is 2.50 bits per heavy atom. The Kier molecular flexibility index (Phi) is 2.76. The van der Waals surface area contributed by atoms with E-state index in [-0.39, 0.29) is 18.2 Å². The molecule has 18 heavy (non-hydrogen) atoms. The lowest BCUT2D eigenvalue weighted by Gasteiger charge is -2.47. The van der Waals surface area contributed by atoms with Gasteiger partial charge in [0, 0.05) is 6.42 Å². The number of imide groups is 1. The number of ketones is 1. The number of rotatable bonds is 0. The summed E-state index contributed by atoms with van der Waals surface area (Å²) >= 11 is 0. The Balaban J connectivity index is 2.23. The van der Waals surface area contributed by atoms with Crippen LogP contribution < -0.4 is 0 Å². The van der Waals surface area contributed by atoms with Crippen molar-refractivity contribution >= 4 is 17.8 Å². The lowest BCUT2D eigenvalue weighted by Crippen LogP contribution is -2.63. The predicted octanol–water partition coefficient (Wildman–Crippen LogP) is 1.89.